The maximum atomic E-state index is 12.2. The maximum Gasteiger partial charge on any atom is 0.230 e. The van der Waals surface area contributed by atoms with E-state index in [0.29, 0.717) is 17.9 Å². The molecule has 1 aliphatic rings. The number of aryl methyl sites for hydroxylation is 1. The van der Waals surface area contributed by atoms with Crippen molar-refractivity contribution < 1.29 is 4.79 Å². The molecule has 0 unspecified atom stereocenters. The summed E-state index contributed by atoms with van der Waals surface area (Å²) >= 11 is 0. The molecule has 3 N–H and O–H groups in total. The lowest BCUT2D eigenvalue weighted by molar-refractivity contribution is -0.117. The highest BCUT2D eigenvalue weighted by Crippen LogP contribution is 2.39. The van der Waals surface area contributed by atoms with Crippen molar-refractivity contribution >= 4 is 39.1 Å². The summed E-state index contributed by atoms with van der Waals surface area (Å²) < 4.78 is 1.75. The monoisotopic (exact) mass is 383 g/mol. The molecule has 3 heterocycles. The van der Waals surface area contributed by atoms with Gasteiger partial charge in [-0.05, 0) is 35.6 Å². The van der Waals surface area contributed by atoms with Gasteiger partial charge in [-0.3, -0.25) is 14.5 Å². The van der Waals surface area contributed by atoms with E-state index in [0.717, 1.165) is 32.8 Å². The summed E-state index contributed by atoms with van der Waals surface area (Å²) in [5, 5.41) is 18.8. The van der Waals surface area contributed by atoms with Gasteiger partial charge in [-0.1, -0.05) is 0 Å². The van der Waals surface area contributed by atoms with Gasteiger partial charge in [0.2, 0.25) is 5.91 Å². The largest absolute Gasteiger partial charge is 0.398 e. The van der Waals surface area contributed by atoms with Crippen molar-refractivity contribution in [1.29, 1.82) is 5.26 Å². The lowest BCUT2D eigenvalue weighted by Crippen LogP contribution is -2.15. The van der Waals surface area contributed by atoms with Crippen LogP contribution in [0.1, 0.15) is 6.42 Å². The fraction of sp³-hybridized carbons (Fsp3) is 0.190. The fourth-order valence-electron chi connectivity index (χ4n) is 3.65. The van der Waals surface area contributed by atoms with Crippen LogP contribution < -0.4 is 11.1 Å². The van der Waals surface area contributed by atoms with Gasteiger partial charge in [-0.2, -0.15) is 10.4 Å². The van der Waals surface area contributed by atoms with Gasteiger partial charge < -0.3 is 11.1 Å². The number of fused-ring (bicyclic) bond motifs is 2. The van der Waals surface area contributed by atoms with Gasteiger partial charge in [0.05, 0.1) is 24.1 Å². The number of aromatic nitrogens is 4. The molecule has 0 aliphatic heterocycles. The van der Waals surface area contributed by atoms with Crippen LogP contribution in [0.15, 0.2) is 43.0 Å². The van der Waals surface area contributed by atoms with Gasteiger partial charge in [0.15, 0.2) is 0 Å². The Morgan fingerprint density at radius 3 is 2.93 bits per heavy atom. The van der Waals surface area contributed by atoms with E-state index in [2.05, 4.69) is 26.5 Å². The molecule has 2 atom stereocenters. The van der Waals surface area contributed by atoms with Crippen LogP contribution in [0, 0.1) is 23.2 Å². The predicted molar refractivity (Wildman–Crippen MR) is 109 cm³/mol. The fourth-order valence-corrected chi connectivity index (χ4v) is 3.65. The second kappa shape index (κ2) is 6.27. The van der Waals surface area contributed by atoms with E-state index in [4.69, 9.17) is 11.0 Å². The molecule has 8 nitrogen and oxygen atoms in total. The lowest BCUT2D eigenvalue weighted by Gasteiger charge is -2.10. The third-order valence-corrected chi connectivity index (χ3v) is 5.27. The minimum absolute atomic E-state index is 0.170. The first kappa shape index (κ1) is 17.1. The average Bonchev–Trinajstić information content (AvgIpc) is 3.40. The Hall–Kier alpha value is -3.99. The van der Waals surface area contributed by atoms with Crippen molar-refractivity contribution in [3.8, 4) is 17.2 Å². The van der Waals surface area contributed by atoms with Crippen LogP contribution in [-0.4, -0.2) is 25.7 Å². The number of rotatable bonds is 3. The van der Waals surface area contributed by atoms with Gasteiger partial charge >= 0.3 is 0 Å². The van der Waals surface area contributed by atoms with Crippen LogP contribution in [0.3, 0.4) is 0 Å². The summed E-state index contributed by atoms with van der Waals surface area (Å²) in [6, 6.07) is 7.82. The number of hydrogen-bond donors (Lipinski definition) is 2. The molecule has 1 saturated carbocycles. The van der Waals surface area contributed by atoms with Crippen LogP contribution in [0.4, 0.5) is 11.5 Å². The number of nitrogens with one attached hydrogen (secondary N) is 1. The second-order valence-electron chi connectivity index (χ2n) is 7.35. The first-order valence-corrected chi connectivity index (χ1v) is 9.21. The summed E-state index contributed by atoms with van der Waals surface area (Å²) in [7, 11) is 1.87. The Balaban J connectivity index is 1.56. The number of nitrogens with two attached hydrogens (primary N) is 1. The van der Waals surface area contributed by atoms with Crippen molar-refractivity contribution in [3.63, 3.8) is 0 Å². The normalized spacial score (nSPS) is 17.9. The zero-order chi connectivity index (χ0) is 20.1. The van der Waals surface area contributed by atoms with Gasteiger partial charge in [-0.15, -0.1) is 0 Å². The van der Waals surface area contributed by atoms with Gasteiger partial charge in [0, 0.05) is 47.7 Å². The van der Waals surface area contributed by atoms with Crippen molar-refractivity contribution in [1.82, 2.24) is 19.7 Å². The Morgan fingerprint density at radius 2 is 2.14 bits per heavy atom. The number of benzene rings is 1. The van der Waals surface area contributed by atoms with E-state index < -0.39 is 0 Å². The Kier molecular flexibility index (Phi) is 3.71. The zero-order valence-electron chi connectivity index (χ0n) is 15.6. The molecule has 0 bridgehead atoms. The summed E-state index contributed by atoms with van der Waals surface area (Å²) in [6.07, 6.45) is 7.74. The van der Waals surface area contributed by atoms with E-state index in [1.54, 1.807) is 29.3 Å². The molecule has 8 heteroatoms. The topological polar surface area (TPSA) is 123 Å². The molecule has 1 fully saturated rings. The number of anilines is 2. The molecule has 1 amide bonds. The predicted octanol–water partition coefficient (Wildman–Crippen LogP) is 2.86. The molecular formula is C21H17N7O. The highest BCUT2D eigenvalue weighted by molar-refractivity contribution is 6.02. The number of carbonyl (C=O) groups excluding carboxylic acids is 1. The van der Waals surface area contributed by atoms with Crippen molar-refractivity contribution in [2.24, 2.45) is 18.9 Å². The van der Waals surface area contributed by atoms with E-state index >= 15 is 0 Å². The van der Waals surface area contributed by atoms with Crippen LogP contribution >= 0.6 is 0 Å². The molecule has 0 radical (unpaired) electrons. The molecule has 1 aromatic carbocycles. The van der Waals surface area contributed by atoms with E-state index in [1.165, 1.54) is 0 Å². The quantitative estimate of drug-likeness (QED) is 0.525. The first-order chi connectivity index (χ1) is 14.0. The maximum absolute atomic E-state index is 12.2. The standard InChI is InChI=1S/C21H17N7O/c1-28-10-17-15(7-24-9-19(17)27-28)11-2-12-5-20(25-8-16(12)18(23)4-11)26-21(29)14-3-13(14)6-22/h2,4-5,7-10,13-14H,3,23H2,1H3,(H,25,26,29)/t13-,14+/m1/s1. The lowest BCUT2D eigenvalue weighted by atomic mass is 10.00. The molecule has 29 heavy (non-hydrogen) atoms. The molecule has 1 aliphatic carbocycles. The van der Waals surface area contributed by atoms with Crippen LogP contribution in [0.2, 0.25) is 0 Å². The van der Waals surface area contributed by atoms with E-state index in [-0.39, 0.29) is 17.7 Å². The average molecular weight is 383 g/mol. The minimum Gasteiger partial charge on any atom is -0.398 e. The van der Waals surface area contributed by atoms with Crippen molar-refractivity contribution in [3.05, 3.63) is 43.0 Å². The molecular weight excluding hydrogens is 366 g/mol. The highest BCUT2D eigenvalue weighted by atomic mass is 16.2. The van der Waals surface area contributed by atoms with Gasteiger partial charge in [0.1, 0.15) is 11.3 Å². The van der Waals surface area contributed by atoms with E-state index in [1.807, 2.05) is 25.4 Å². The zero-order valence-corrected chi connectivity index (χ0v) is 15.6. The Morgan fingerprint density at radius 1 is 1.28 bits per heavy atom. The summed E-state index contributed by atoms with van der Waals surface area (Å²) in [5.74, 6) is -0.162. The smallest absolute Gasteiger partial charge is 0.230 e. The first-order valence-electron chi connectivity index (χ1n) is 9.21. The number of nitrogen functional groups attached to an aromatic ring is 1. The third-order valence-electron chi connectivity index (χ3n) is 5.27. The number of carbonyl (C=O) groups is 1. The van der Waals surface area contributed by atoms with Crippen LogP contribution in [-0.2, 0) is 11.8 Å². The summed E-state index contributed by atoms with van der Waals surface area (Å²) in [6.45, 7) is 0. The summed E-state index contributed by atoms with van der Waals surface area (Å²) in [5.41, 5.74) is 9.53. The van der Waals surface area contributed by atoms with Gasteiger partial charge in [0.25, 0.3) is 0 Å². The number of hydrogen-bond acceptors (Lipinski definition) is 6. The Bertz CT molecular complexity index is 1330. The van der Waals surface area contributed by atoms with Gasteiger partial charge in [-0.25, -0.2) is 4.98 Å². The number of amides is 1. The number of nitrogens with zero attached hydrogens (tertiary/aromatic N) is 5. The SMILES string of the molecule is Cn1cc2c(-c3cc(N)c4cnc(NC(=O)[C@H]5C[C@@H]5C#N)cc4c3)cncc2n1. The third kappa shape index (κ3) is 2.93. The molecule has 4 aromatic rings. The Labute approximate surface area is 166 Å². The van der Waals surface area contributed by atoms with Crippen LogP contribution in [0.5, 0.6) is 0 Å². The molecule has 142 valence electrons. The molecule has 0 saturated heterocycles. The second-order valence-corrected chi connectivity index (χ2v) is 7.35. The van der Waals surface area contributed by atoms with Crippen molar-refractivity contribution in [2.45, 2.75) is 6.42 Å². The highest BCUT2D eigenvalue weighted by Gasteiger charge is 2.43. The van der Waals surface area contributed by atoms with Crippen LogP contribution in [0.25, 0.3) is 32.8 Å². The molecule has 0 spiro atoms. The molecule has 3 aromatic heterocycles. The van der Waals surface area contributed by atoms with E-state index in [9.17, 15) is 4.79 Å². The molecule has 5 rings (SSSR count). The number of pyridine rings is 2. The number of nitriles is 1. The van der Waals surface area contributed by atoms with Crippen molar-refractivity contribution in [2.75, 3.05) is 11.1 Å². The minimum atomic E-state index is -0.247. The summed E-state index contributed by atoms with van der Waals surface area (Å²) in [4.78, 5) is 20.8.